The topological polar surface area (TPSA) is 92.6 Å². The summed E-state index contributed by atoms with van der Waals surface area (Å²) in [5.41, 5.74) is 0.702. The van der Waals surface area contributed by atoms with Gasteiger partial charge in [0.2, 0.25) is 17.8 Å². The van der Waals surface area contributed by atoms with Crippen LogP contribution in [0.2, 0.25) is 0 Å². The third-order valence-electron chi connectivity index (χ3n) is 5.12. The first kappa shape index (κ1) is 19.7. The zero-order chi connectivity index (χ0) is 20.1. The number of anilines is 3. The van der Waals surface area contributed by atoms with Crippen LogP contribution < -0.4 is 14.7 Å². The van der Waals surface area contributed by atoms with E-state index in [-0.39, 0.29) is 0 Å². The van der Waals surface area contributed by atoms with E-state index in [2.05, 4.69) is 33.5 Å². The normalized spacial score (nSPS) is 17.4. The Labute approximate surface area is 170 Å². The molecule has 29 heavy (non-hydrogen) atoms. The number of morpholine rings is 2. The SMILES string of the molecule is CCN(CC)c1nccc(-c2nc(N3CCOCC3)nc(N3CCOCC3)n2)n1. The van der Waals surface area contributed by atoms with Crippen LogP contribution in [-0.4, -0.2) is 90.6 Å². The van der Waals surface area contributed by atoms with Crippen LogP contribution >= 0.6 is 0 Å². The molecule has 0 unspecified atom stereocenters. The van der Waals surface area contributed by atoms with Crippen molar-refractivity contribution in [3.8, 4) is 11.5 Å². The Morgan fingerprint density at radius 1 is 0.828 bits per heavy atom. The van der Waals surface area contributed by atoms with E-state index in [0.29, 0.717) is 55.8 Å². The van der Waals surface area contributed by atoms with Gasteiger partial charge in [-0.1, -0.05) is 0 Å². The summed E-state index contributed by atoms with van der Waals surface area (Å²) in [6.45, 7) is 11.6. The van der Waals surface area contributed by atoms with Gasteiger partial charge in [-0.3, -0.25) is 0 Å². The molecule has 4 heterocycles. The van der Waals surface area contributed by atoms with Crippen molar-refractivity contribution in [3.63, 3.8) is 0 Å². The molecular formula is C19H28N8O2. The van der Waals surface area contributed by atoms with Crippen molar-refractivity contribution in [3.05, 3.63) is 12.3 Å². The van der Waals surface area contributed by atoms with E-state index in [9.17, 15) is 0 Å². The lowest BCUT2D eigenvalue weighted by Gasteiger charge is -2.30. The molecule has 0 aromatic carbocycles. The van der Waals surface area contributed by atoms with Crippen LogP contribution in [0.1, 0.15) is 13.8 Å². The summed E-state index contributed by atoms with van der Waals surface area (Å²) in [4.78, 5) is 29.8. The second-order valence-corrected chi connectivity index (χ2v) is 6.87. The number of hydrogen-bond donors (Lipinski definition) is 0. The van der Waals surface area contributed by atoms with Crippen LogP contribution in [0.3, 0.4) is 0 Å². The van der Waals surface area contributed by atoms with Gasteiger partial charge < -0.3 is 24.2 Å². The van der Waals surface area contributed by atoms with Crippen molar-refractivity contribution < 1.29 is 9.47 Å². The van der Waals surface area contributed by atoms with Crippen molar-refractivity contribution >= 4 is 17.8 Å². The molecular weight excluding hydrogens is 372 g/mol. The molecule has 0 amide bonds. The van der Waals surface area contributed by atoms with E-state index in [1.807, 2.05) is 6.07 Å². The highest BCUT2D eigenvalue weighted by Gasteiger charge is 2.22. The van der Waals surface area contributed by atoms with Gasteiger partial charge in [0, 0.05) is 45.5 Å². The lowest BCUT2D eigenvalue weighted by atomic mass is 10.3. The standard InChI is InChI=1S/C19H28N8O2/c1-3-25(4-2)17-20-6-5-15(21-17)16-22-18(26-7-11-28-12-8-26)24-19(23-16)27-9-13-29-14-10-27/h5-6H,3-4,7-14H2,1-2H3. The van der Waals surface area contributed by atoms with Crippen molar-refractivity contribution in [1.29, 1.82) is 0 Å². The predicted octanol–water partition coefficient (Wildman–Crippen LogP) is 0.848. The van der Waals surface area contributed by atoms with Crippen LogP contribution in [0, 0.1) is 0 Å². The van der Waals surface area contributed by atoms with Gasteiger partial charge in [0.25, 0.3) is 0 Å². The minimum Gasteiger partial charge on any atom is -0.378 e. The Morgan fingerprint density at radius 3 is 1.90 bits per heavy atom. The molecule has 0 aliphatic carbocycles. The maximum absolute atomic E-state index is 5.48. The Hall–Kier alpha value is -2.59. The number of aromatic nitrogens is 5. The van der Waals surface area contributed by atoms with Gasteiger partial charge in [0.1, 0.15) is 5.69 Å². The fourth-order valence-corrected chi connectivity index (χ4v) is 3.41. The largest absolute Gasteiger partial charge is 0.378 e. The maximum Gasteiger partial charge on any atom is 0.230 e. The summed E-state index contributed by atoms with van der Waals surface area (Å²) in [6, 6.07) is 1.86. The Kier molecular flexibility index (Phi) is 6.30. The lowest BCUT2D eigenvalue weighted by molar-refractivity contribution is 0.121. The zero-order valence-corrected chi connectivity index (χ0v) is 17.1. The highest BCUT2D eigenvalue weighted by atomic mass is 16.5. The van der Waals surface area contributed by atoms with E-state index < -0.39 is 0 Å². The molecule has 156 valence electrons. The van der Waals surface area contributed by atoms with Crippen molar-refractivity contribution in [2.45, 2.75) is 13.8 Å². The monoisotopic (exact) mass is 400 g/mol. The quantitative estimate of drug-likeness (QED) is 0.695. The Morgan fingerprint density at radius 2 is 1.38 bits per heavy atom. The summed E-state index contributed by atoms with van der Waals surface area (Å²) in [7, 11) is 0. The minimum absolute atomic E-state index is 0.568. The first-order valence-corrected chi connectivity index (χ1v) is 10.3. The van der Waals surface area contributed by atoms with Crippen molar-refractivity contribution in [1.82, 2.24) is 24.9 Å². The average molecular weight is 400 g/mol. The number of rotatable bonds is 6. The van der Waals surface area contributed by atoms with Gasteiger partial charge in [0.15, 0.2) is 5.82 Å². The average Bonchev–Trinajstić information content (AvgIpc) is 2.81. The molecule has 0 atom stereocenters. The molecule has 10 heteroatoms. The van der Waals surface area contributed by atoms with Gasteiger partial charge >= 0.3 is 0 Å². The van der Waals surface area contributed by atoms with E-state index in [1.165, 1.54) is 0 Å². The smallest absolute Gasteiger partial charge is 0.230 e. The summed E-state index contributed by atoms with van der Waals surface area (Å²) in [5, 5.41) is 0. The number of nitrogens with zero attached hydrogens (tertiary/aromatic N) is 8. The molecule has 2 fully saturated rings. The molecule has 2 aliphatic rings. The first-order valence-electron chi connectivity index (χ1n) is 10.3. The molecule has 2 aromatic heterocycles. The molecule has 2 aromatic rings. The van der Waals surface area contributed by atoms with Crippen LogP contribution in [-0.2, 0) is 9.47 Å². The predicted molar refractivity (Wildman–Crippen MR) is 110 cm³/mol. The summed E-state index contributed by atoms with van der Waals surface area (Å²) in [5.74, 6) is 2.60. The van der Waals surface area contributed by atoms with Crippen LogP contribution in [0.25, 0.3) is 11.5 Å². The zero-order valence-electron chi connectivity index (χ0n) is 17.1. The Bertz CT molecular complexity index is 768. The van der Waals surface area contributed by atoms with Crippen LogP contribution in [0.5, 0.6) is 0 Å². The number of hydrogen-bond acceptors (Lipinski definition) is 10. The third kappa shape index (κ3) is 4.54. The second-order valence-electron chi connectivity index (χ2n) is 6.87. The van der Waals surface area contributed by atoms with E-state index in [0.717, 1.165) is 39.3 Å². The van der Waals surface area contributed by atoms with Gasteiger partial charge in [-0.25, -0.2) is 9.97 Å². The van der Waals surface area contributed by atoms with Gasteiger partial charge in [-0.2, -0.15) is 15.0 Å². The highest BCUT2D eigenvalue weighted by Crippen LogP contribution is 2.22. The lowest BCUT2D eigenvalue weighted by Crippen LogP contribution is -2.40. The molecule has 4 rings (SSSR count). The first-order chi connectivity index (χ1) is 14.3. The number of ether oxygens (including phenoxy) is 2. The molecule has 0 bridgehead atoms. The molecule has 0 N–H and O–H groups in total. The van der Waals surface area contributed by atoms with Crippen LogP contribution in [0.4, 0.5) is 17.8 Å². The molecule has 2 aliphatic heterocycles. The molecule has 0 radical (unpaired) electrons. The van der Waals surface area contributed by atoms with Gasteiger partial charge in [0.05, 0.1) is 26.4 Å². The maximum atomic E-state index is 5.48. The summed E-state index contributed by atoms with van der Waals surface area (Å²) >= 11 is 0. The summed E-state index contributed by atoms with van der Waals surface area (Å²) < 4.78 is 11.0. The molecule has 0 spiro atoms. The van der Waals surface area contributed by atoms with Crippen molar-refractivity contribution in [2.75, 3.05) is 80.4 Å². The molecule has 2 saturated heterocycles. The van der Waals surface area contributed by atoms with Crippen LogP contribution in [0.15, 0.2) is 12.3 Å². The second kappa shape index (κ2) is 9.27. The fourth-order valence-electron chi connectivity index (χ4n) is 3.41. The summed E-state index contributed by atoms with van der Waals surface area (Å²) in [6.07, 6.45) is 1.77. The highest BCUT2D eigenvalue weighted by molar-refractivity contribution is 5.56. The van der Waals surface area contributed by atoms with E-state index >= 15 is 0 Å². The molecule has 10 nitrogen and oxygen atoms in total. The van der Waals surface area contributed by atoms with E-state index in [4.69, 9.17) is 29.4 Å². The van der Waals surface area contributed by atoms with E-state index in [1.54, 1.807) is 6.20 Å². The Balaban J connectivity index is 1.72. The molecule has 0 saturated carbocycles. The minimum atomic E-state index is 0.568. The fraction of sp³-hybridized carbons (Fsp3) is 0.632. The van der Waals surface area contributed by atoms with Gasteiger partial charge in [-0.15, -0.1) is 0 Å². The van der Waals surface area contributed by atoms with Gasteiger partial charge in [-0.05, 0) is 19.9 Å². The third-order valence-corrected chi connectivity index (χ3v) is 5.12. The van der Waals surface area contributed by atoms with Crippen molar-refractivity contribution in [2.24, 2.45) is 0 Å².